The van der Waals surface area contributed by atoms with E-state index >= 15 is 0 Å². The van der Waals surface area contributed by atoms with E-state index in [-0.39, 0.29) is 11.1 Å². The first-order valence-corrected chi connectivity index (χ1v) is 7.45. The summed E-state index contributed by atoms with van der Waals surface area (Å²) < 4.78 is 62.7. The number of halogens is 3. The summed E-state index contributed by atoms with van der Waals surface area (Å²) in [7, 11) is -6.13. The van der Waals surface area contributed by atoms with Gasteiger partial charge in [0.05, 0.1) is 11.1 Å². The van der Waals surface area contributed by atoms with Gasteiger partial charge < -0.3 is 0 Å². The molecule has 0 fully saturated rings. The molecule has 2 aromatic rings. The van der Waals surface area contributed by atoms with Crippen LogP contribution in [0.4, 0.5) is 13.2 Å². The van der Waals surface area contributed by atoms with Gasteiger partial charge in [0.25, 0.3) is 11.8 Å². The van der Waals surface area contributed by atoms with Crippen molar-refractivity contribution in [2.24, 2.45) is 0 Å². The van der Waals surface area contributed by atoms with Crippen molar-refractivity contribution in [3.05, 3.63) is 47.5 Å². The Morgan fingerprint density at radius 3 is 1.74 bits per heavy atom. The number of carbonyl (C=O) groups excluding carboxylic acids is 2. The first-order chi connectivity index (χ1) is 10.6. The van der Waals surface area contributed by atoms with Crippen LogP contribution in [0.2, 0.25) is 0 Å². The van der Waals surface area contributed by atoms with E-state index in [0.29, 0.717) is 10.8 Å². The third-order valence-electron chi connectivity index (χ3n) is 3.17. The number of fused-ring (bicyclic) bond motifs is 2. The topological polar surface area (TPSA) is 80.8 Å². The van der Waals surface area contributed by atoms with Crippen molar-refractivity contribution in [2.75, 3.05) is 0 Å². The van der Waals surface area contributed by atoms with Gasteiger partial charge in [-0.3, -0.25) is 9.59 Å². The number of hydrogen-bond acceptors (Lipinski definition) is 5. The monoisotopic (exact) mass is 345 g/mol. The number of rotatable bonds is 2. The van der Waals surface area contributed by atoms with Crippen LogP contribution in [0.15, 0.2) is 36.4 Å². The van der Waals surface area contributed by atoms with Gasteiger partial charge in [-0.25, -0.2) is 0 Å². The molecule has 0 atom stereocenters. The van der Waals surface area contributed by atoms with E-state index in [2.05, 4.69) is 4.28 Å². The minimum Gasteiger partial charge on any atom is -0.266 e. The predicted octanol–water partition coefficient (Wildman–Crippen LogP) is 2.22. The van der Waals surface area contributed by atoms with Gasteiger partial charge in [-0.2, -0.15) is 21.6 Å². The van der Waals surface area contributed by atoms with Gasteiger partial charge in [-0.05, 0) is 22.9 Å². The largest absolute Gasteiger partial charge is 0.525 e. The lowest BCUT2D eigenvalue weighted by Gasteiger charge is -2.14. The fourth-order valence-corrected chi connectivity index (χ4v) is 2.53. The van der Waals surface area contributed by atoms with E-state index < -0.39 is 32.5 Å². The summed E-state index contributed by atoms with van der Waals surface area (Å²) in [5.74, 6) is -2.55. The van der Waals surface area contributed by atoms with Gasteiger partial charge in [0.15, 0.2) is 0 Å². The Morgan fingerprint density at radius 1 is 0.913 bits per heavy atom. The Bertz CT molecular complexity index is 897. The lowest BCUT2D eigenvalue weighted by Crippen LogP contribution is -2.37. The summed E-state index contributed by atoms with van der Waals surface area (Å²) in [6.45, 7) is 0. The number of alkyl halides is 3. The van der Waals surface area contributed by atoms with E-state index in [4.69, 9.17) is 0 Å². The zero-order valence-electron chi connectivity index (χ0n) is 11.0. The second kappa shape index (κ2) is 4.77. The first kappa shape index (κ1) is 15.4. The molecular weight excluding hydrogens is 339 g/mol. The zero-order chi connectivity index (χ0) is 17.0. The van der Waals surface area contributed by atoms with Crippen molar-refractivity contribution in [3.8, 4) is 0 Å². The summed E-state index contributed by atoms with van der Waals surface area (Å²) in [6, 6.07) is 9.16. The molecule has 10 heteroatoms. The number of carbonyl (C=O) groups is 2. The number of hydroxylamine groups is 2. The summed E-state index contributed by atoms with van der Waals surface area (Å²) >= 11 is 0. The highest BCUT2D eigenvalue weighted by molar-refractivity contribution is 7.87. The molecule has 0 N–H and O–H groups in total. The number of imide groups is 1. The molecule has 23 heavy (non-hydrogen) atoms. The number of nitrogens with zero attached hydrogens (tertiary/aromatic N) is 1. The van der Waals surface area contributed by atoms with Gasteiger partial charge in [-0.15, -0.1) is 9.35 Å². The minimum absolute atomic E-state index is 0.230. The summed E-state index contributed by atoms with van der Waals surface area (Å²) in [4.78, 5) is 24.0. The molecule has 3 rings (SSSR count). The van der Waals surface area contributed by atoms with E-state index in [9.17, 15) is 31.2 Å². The molecule has 120 valence electrons. The lowest BCUT2D eigenvalue weighted by molar-refractivity contribution is -0.0748. The fraction of sp³-hybridized carbons (Fsp3) is 0.0769. The third-order valence-corrected chi connectivity index (χ3v) is 4.08. The molecule has 1 aliphatic heterocycles. The van der Waals surface area contributed by atoms with Gasteiger partial charge in [0.2, 0.25) is 0 Å². The molecular formula is C13H6F3NO5S. The molecule has 0 saturated heterocycles. The standard InChI is InChI=1S/C13H6F3NO5S/c14-13(15,16)23(20,21)22-17-11(18)9-5-7-3-1-2-4-8(7)6-10(9)12(17)19/h1-6H. The highest BCUT2D eigenvalue weighted by atomic mass is 32.2. The molecule has 0 aromatic heterocycles. The Balaban J connectivity index is 2.06. The molecule has 0 aliphatic carbocycles. The van der Waals surface area contributed by atoms with Crippen molar-refractivity contribution in [1.82, 2.24) is 5.06 Å². The molecule has 0 bridgehead atoms. The number of hydrogen-bond donors (Lipinski definition) is 0. The van der Waals surface area contributed by atoms with Gasteiger partial charge in [0, 0.05) is 0 Å². The van der Waals surface area contributed by atoms with E-state index in [1.54, 1.807) is 24.3 Å². The van der Waals surface area contributed by atoms with Crippen LogP contribution >= 0.6 is 0 Å². The molecule has 0 unspecified atom stereocenters. The quantitative estimate of drug-likeness (QED) is 0.616. The smallest absolute Gasteiger partial charge is 0.266 e. The van der Waals surface area contributed by atoms with Crippen molar-refractivity contribution in [1.29, 1.82) is 0 Å². The maximum absolute atomic E-state index is 12.3. The van der Waals surface area contributed by atoms with Crippen molar-refractivity contribution in [3.63, 3.8) is 0 Å². The Morgan fingerprint density at radius 2 is 1.35 bits per heavy atom. The second-order valence-electron chi connectivity index (χ2n) is 4.62. The van der Waals surface area contributed by atoms with E-state index in [0.717, 1.165) is 0 Å². The van der Waals surface area contributed by atoms with Crippen molar-refractivity contribution in [2.45, 2.75) is 5.51 Å². The molecule has 0 radical (unpaired) electrons. The fourth-order valence-electron chi connectivity index (χ4n) is 2.11. The highest BCUT2D eigenvalue weighted by Gasteiger charge is 2.52. The first-order valence-electron chi connectivity index (χ1n) is 6.04. The van der Waals surface area contributed by atoms with E-state index in [1.165, 1.54) is 12.1 Å². The molecule has 0 saturated carbocycles. The zero-order valence-corrected chi connectivity index (χ0v) is 11.8. The van der Waals surface area contributed by atoms with Crippen molar-refractivity contribution >= 4 is 32.7 Å². The maximum Gasteiger partial charge on any atom is 0.525 e. The third kappa shape index (κ3) is 2.35. The predicted molar refractivity (Wildman–Crippen MR) is 70.5 cm³/mol. The molecule has 6 nitrogen and oxygen atoms in total. The Labute approximate surface area is 127 Å². The van der Waals surface area contributed by atoms with Crippen LogP contribution in [-0.4, -0.2) is 30.8 Å². The molecule has 2 aromatic carbocycles. The van der Waals surface area contributed by atoms with Crippen LogP contribution in [0.25, 0.3) is 10.8 Å². The van der Waals surface area contributed by atoms with Crippen LogP contribution < -0.4 is 0 Å². The summed E-state index contributed by atoms with van der Waals surface area (Å²) in [5.41, 5.74) is -6.22. The average Bonchev–Trinajstić information content (AvgIpc) is 2.69. The van der Waals surface area contributed by atoms with Crippen molar-refractivity contribution < 1.29 is 35.5 Å². The summed E-state index contributed by atoms with van der Waals surface area (Å²) in [5, 5.41) is 0.729. The number of amides is 2. The lowest BCUT2D eigenvalue weighted by atomic mass is 10.0. The van der Waals surface area contributed by atoms with Crippen LogP contribution in [0.5, 0.6) is 0 Å². The van der Waals surface area contributed by atoms with E-state index in [1.807, 2.05) is 0 Å². The minimum atomic E-state index is -6.13. The molecule has 1 heterocycles. The SMILES string of the molecule is O=C1c2cc3ccccc3cc2C(=O)N1OS(=O)(=O)C(F)(F)F. The molecule has 0 spiro atoms. The highest BCUT2D eigenvalue weighted by Crippen LogP contribution is 2.31. The maximum atomic E-state index is 12.3. The normalized spacial score (nSPS) is 15.3. The van der Waals surface area contributed by atoms with Gasteiger partial charge >= 0.3 is 15.6 Å². The van der Waals surface area contributed by atoms with Crippen LogP contribution in [-0.2, 0) is 14.4 Å². The molecule has 1 aliphatic rings. The number of benzene rings is 2. The van der Waals surface area contributed by atoms with Crippen LogP contribution in [0.1, 0.15) is 20.7 Å². The van der Waals surface area contributed by atoms with Gasteiger partial charge in [-0.1, -0.05) is 24.3 Å². The Kier molecular flexibility index (Phi) is 3.20. The average molecular weight is 345 g/mol. The van der Waals surface area contributed by atoms with Crippen LogP contribution in [0, 0.1) is 0 Å². The Hall–Kier alpha value is -2.46. The van der Waals surface area contributed by atoms with Crippen LogP contribution in [0.3, 0.4) is 0 Å². The molecule has 2 amide bonds. The van der Waals surface area contributed by atoms with Gasteiger partial charge in [0.1, 0.15) is 0 Å². The summed E-state index contributed by atoms with van der Waals surface area (Å²) in [6.07, 6.45) is 0. The second-order valence-corrected chi connectivity index (χ2v) is 6.14.